The third-order valence-electron chi connectivity index (χ3n) is 10.8. The van der Waals surface area contributed by atoms with Gasteiger partial charge < -0.3 is 14.2 Å². The first-order valence-electron chi connectivity index (χ1n) is 24.2. The summed E-state index contributed by atoms with van der Waals surface area (Å²) in [5.74, 6) is -0.870. The average molecular weight is 777 g/mol. The minimum absolute atomic E-state index is 0.0684. The largest absolute Gasteiger partial charge is 0.462 e. The van der Waals surface area contributed by atoms with Crippen molar-refractivity contribution in [2.75, 3.05) is 13.2 Å². The Hall–Kier alpha value is -1.85. The summed E-state index contributed by atoms with van der Waals surface area (Å²) in [6.07, 6.45) is 47.7. The van der Waals surface area contributed by atoms with E-state index in [1.165, 1.54) is 161 Å². The third-order valence-corrected chi connectivity index (χ3v) is 10.8. The van der Waals surface area contributed by atoms with Crippen LogP contribution < -0.4 is 0 Å². The summed E-state index contributed by atoms with van der Waals surface area (Å²) in [5.41, 5.74) is 0. The normalized spacial score (nSPS) is 12.0. The van der Waals surface area contributed by atoms with E-state index in [0.717, 1.165) is 64.2 Å². The summed E-state index contributed by atoms with van der Waals surface area (Å²) >= 11 is 0. The van der Waals surface area contributed by atoms with E-state index in [0.29, 0.717) is 19.3 Å². The van der Waals surface area contributed by atoms with Gasteiger partial charge in [0, 0.05) is 19.3 Å². The second kappa shape index (κ2) is 44.9. The number of ether oxygens (including phenoxy) is 3. The molecule has 6 heteroatoms. The van der Waals surface area contributed by atoms with Crippen molar-refractivity contribution in [1.82, 2.24) is 0 Å². The van der Waals surface area contributed by atoms with E-state index in [4.69, 9.17) is 14.2 Å². The molecule has 0 fully saturated rings. The van der Waals surface area contributed by atoms with Crippen LogP contribution in [0.3, 0.4) is 0 Å². The van der Waals surface area contributed by atoms with Crippen molar-refractivity contribution in [1.29, 1.82) is 0 Å². The number of carbonyl (C=O) groups is 3. The molecule has 0 amide bonds. The molecule has 0 N–H and O–H groups in total. The molecule has 6 nitrogen and oxygen atoms in total. The van der Waals surface area contributed by atoms with Crippen LogP contribution in [0.5, 0.6) is 0 Å². The molecule has 0 saturated heterocycles. The van der Waals surface area contributed by atoms with Gasteiger partial charge in [0.1, 0.15) is 13.2 Å². The molecule has 0 aromatic heterocycles. The average Bonchev–Trinajstić information content (AvgIpc) is 3.18. The Labute approximate surface area is 341 Å². The van der Waals surface area contributed by atoms with Crippen LogP contribution in [-0.2, 0) is 28.6 Å². The van der Waals surface area contributed by atoms with Crippen LogP contribution in [0.25, 0.3) is 0 Å². The van der Waals surface area contributed by atoms with Crippen molar-refractivity contribution in [2.24, 2.45) is 0 Å². The van der Waals surface area contributed by atoms with Gasteiger partial charge in [-0.25, -0.2) is 0 Å². The minimum atomic E-state index is -0.764. The van der Waals surface area contributed by atoms with E-state index in [1.54, 1.807) is 0 Å². The van der Waals surface area contributed by atoms with Gasteiger partial charge in [0.2, 0.25) is 0 Å². The zero-order chi connectivity index (χ0) is 40.1. The van der Waals surface area contributed by atoms with Crippen molar-refractivity contribution in [3.8, 4) is 0 Å². The van der Waals surface area contributed by atoms with Crippen molar-refractivity contribution in [2.45, 2.75) is 271 Å². The Bertz CT molecular complexity index is 854. The van der Waals surface area contributed by atoms with Gasteiger partial charge in [0.15, 0.2) is 6.10 Å². The molecule has 0 spiro atoms. The van der Waals surface area contributed by atoms with E-state index in [9.17, 15) is 14.4 Å². The second-order valence-corrected chi connectivity index (χ2v) is 16.4. The molecule has 0 rings (SSSR count). The van der Waals surface area contributed by atoms with Gasteiger partial charge in [-0.3, -0.25) is 14.4 Å². The standard InChI is InChI=1S/C49H92O6/c1-4-7-10-13-16-19-21-23-25-27-28-30-33-36-39-42-48(51)54-45-46(44-53-47(50)41-38-35-32-18-15-12-9-6-3)55-49(52)43-40-37-34-31-29-26-24-22-20-17-14-11-8-5-2/h23,25,46H,4-22,24,26-45H2,1-3H3/b25-23-. The predicted octanol–water partition coefficient (Wildman–Crippen LogP) is 15.4. The van der Waals surface area contributed by atoms with Gasteiger partial charge >= 0.3 is 17.9 Å². The first kappa shape index (κ1) is 53.1. The van der Waals surface area contributed by atoms with Crippen LogP contribution in [-0.4, -0.2) is 37.2 Å². The van der Waals surface area contributed by atoms with E-state index < -0.39 is 6.10 Å². The molecule has 0 radical (unpaired) electrons. The summed E-state index contributed by atoms with van der Waals surface area (Å²) < 4.78 is 16.7. The van der Waals surface area contributed by atoms with Crippen molar-refractivity contribution in [3.05, 3.63) is 12.2 Å². The summed E-state index contributed by atoms with van der Waals surface area (Å²) in [6, 6.07) is 0. The van der Waals surface area contributed by atoms with Crippen LogP contribution in [0.15, 0.2) is 12.2 Å². The van der Waals surface area contributed by atoms with Crippen LogP contribution in [0.2, 0.25) is 0 Å². The Morgan fingerprint density at radius 3 is 0.909 bits per heavy atom. The maximum absolute atomic E-state index is 12.7. The highest BCUT2D eigenvalue weighted by Gasteiger charge is 2.19. The molecular weight excluding hydrogens is 685 g/mol. The van der Waals surface area contributed by atoms with Crippen LogP contribution in [0.1, 0.15) is 265 Å². The fourth-order valence-electron chi connectivity index (χ4n) is 7.08. The number of unbranched alkanes of at least 4 members (excludes halogenated alkanes) is 31. The maximum atomic E-state index is 12.7. The lowest BCUT2D eigenvalue weighted by Gasteiger charge is -2.18. The zero-order valence-electron chi connectivity index (χ0n) is 37.0. The molecule has 0 aliphatic carbocycles. The SMILES string of the molecule is CCCCCCCC/C=C\CCCCCCCC(=O)OCC(COC(=O)CCCCCCCCCC)OC(=O)CCCCCCCCCCCCCCCC. The third kappa shape index (κ3) is 43.1. The van der Waals surface area contributed by atoms with Crippen LogP contribution in [0.4, 0.5) is 0 Å². The summed E-state index contributed by atoms with van der Waals surface area (Å²) in [4.78, 5) is 37.7. The minimum Gasteiger partial charge on any atom is -0.462 e. The van der Waals surface area contributed by atoms with Gasteiger partial charge in [0.25, 0.3) is 0 Å². The fourth-order valence-corrected chi connectivity index (χ4v) is 7.08. The lowest BCUT2D eigenvalue weighted by molar-refractivity contribution is -0.167. The van der Waals surface area contributed by atoms with Gasteiger partial charge in [0.05, 0.1) is 0 Å². The monoisotopic (exact) mass is 777 g/mol. The molecule has 0 aromatic rings. The molecule has 324 valence electrons. The van der Waals surface area contributed by atoms with E-state index in [1.807, 2.05) is 0 Å². The molecule has 0 bridgehead atoms. The van der Waals surface area contributed by atoms with Crippen LogP contribution >= 0.6 is 0 Å². The molecule has 0 aromatic carbocycles. The van der Waals surface area contributed by atoms with Crippen LogP contribution in [0, 0.1) is 0 Å². The summed E-state index contributed by atoms with van der Waals surface area (Å²) in [7, 11) is 0. The molecule has 0 aliphatic rings. The molecule has 0 saturated carbocycles. The number of esters is 3. The number of hydrogen-bond donors (Lipinski definition) is 0. The maximum Gasteiger partial charge on any atom is 0.306 e. The lowest BCUT2D eigenvalue weighted by Crippen LogP contribution is -2.30. The lowest BCUT2D eigenvalue weighted by atomic mass is 10.0. The highest BCUT2D eigenvalue weighted by Crippen LogP contribution is 2.15. The molecule has 0 aliphatic heterocycles. The fraction of sp³-hybridized carbons (Fsp3) is 0.898. The Balaban J connectivity index is 4.29. The number of rotatable bonds is 44. The highest BCUT2D eigenvalue weighted by molar-refractivity contribution is 5.71. The number of hydrogen-bond acceptors (Lipinski definition) is 6. The Kier molecular flexibility index (Phi) is 43.4. The first-order chi connectivity index (χ1) is 27.0. The Morgan fingerprint density at radius 2 is 0.600 bits per heavy atom. The summed E-state index contributed by atoms with van der Waals surface area (Å²) in [5, 5.41) is 0. The Morgan fingerprint density at radius 1 is 0.345 bits per heavy atom. The quantitative estimate of drug-likeness (QED) is 0.0265. The predicted molar refractivity (Wildman–Crippen MR) is 233 cm³/mol. The first-order valence-corrected chi connectivity index (χ1v) is 24.2. The molecule has 55 heavy (non-hydrogen) atoms. The second-order valence-electron chi connectivity index (χ2n) is 16.4. The molecular formula is C49H92O6. The zero-order valence-corrected chi connectivity index (χ0v) is 37.0. The molecule has 1 unspecified atom stereocenters. The van der Waals surface area contributed by atoms with Gasteiger partial charge in [-0.2, -0.15) is 0 Å². The highest BCUT2D eigenvalue weighted by atomic mass is 16.6. The van der Waals surface area contributed by atoms with Crippen molar-refractivity contribution < 1.29 is 28.6 Å². The van der Waals surface area contributed by atoms with Crippen molar-refractivity contribution in [3.63, 3.8) is 0 Å². The number of allylic oxidation sites excluding steroid dienone is 2. The van der Waals surface area contributed by atoms with E-state index in [-0.39, 0.29) is 31.1 Å². The van der Waals surface area contributed by atoms with Gasteiger partial charge in [-0.05, 0) is 44.9 Å². The van der Waals surface area contributed by atoms with Crippen molar-refractivity contribution >= 4 is 17.9 Å². The van der Waals surface area contributed by atoms with E-state index in [2.05, 4.69) is 32.9 Å². The molecule has 0 heterocycles. The van der Waals surface area contributed by atoms with Gasteiger partial charge in [-0.1, -0.05) is 213 Å². The topological polar surface area (TPSA) is 78.9 Å². The van der Waals surface area contributed by atoms with Gasteiger partial charge in [-0.15, -0.1) is 0 Å². The smallest absolute Gasteiger partial charge is 0.306 e. The van der Waals surface area contributed by atoms with E-state index >= 15 is 0 Å². The summed E-state index contributed by atoms with van der Waals surface area (Å²) in [6.45, 7) is 6.62. The number of carbonyl (C=O) groups excluding carboxylic acids is 3. The molecule has 1 atom stereocenters.